The number of rotatable bonds is 5. The molecule has 0 spiro atoms. The van der Waals surface area contributed by atoms with E-state index in [4.69, 9.17) is 16.7 Å². The lowest BCUT2D eigenvalue weighted by atomic mass is 10.2. The van der Waals surface area contributed by atoms with Gasteiger partial charge in [0.2, 0.25) is 0 Å². The molecular formula is C16H18ClNO2. The summed E-state index contributed by atoms with van der Waals surface area (Å²) in [7, 11) is 0. The van der Waals surface area contributed by atoms with Gasteiger partial charge < -0.3 is 10.4 Å². The van der Waals surface area contributed by atoms with Gasteiger partial charge in [-0.25, -0.2) is 0 Å². The van der Waals surface area contributed by atoms with Crippen LogP contribution in [0.25, 0.3) is 0 Å². The van der Waals surface area contributed by atoms with Crippen molar-refractivity contribution in [2.45, 2.75) is 12.4 Å². The van der Waals surface area contributed by atoms with E-state index in [9.17, 15) is 4.79 Å². The highest BCUT2D eigenvalue weighted by atomic mass is 35.5. The van der Waals surface area contributed by atoms with Crippen LogP contribution in [0.2, 0.25) is 0 Å². The second kappa shape index (κ2) is 10.0. The molecule has 3 nitrogen and oxygen atoms in total. The number of carboxylic acid groups (broad SMARTS) is 1. The molecule has 0 amide bonds. The lowest BCUT2D eigenvalue weighted by Gasteiger charge is -2.00. The zero-order valence-electron chi connectivity index (χ0n) is 11.1. The van der Waals surface area contributed by atoms with Gasteiger partial charge in [0.15, 0.2) is 0 Å². The lowest BCUT2D eigenvalue weighted by molar-refractivity contribution is -0.135. The monoisotopic (exact) mass is 291 g/mol. The van der Waals surface area contributed by atoms with Gasteiger partial charge in [0.1, 0.15) is 0 Å². The average molecular weight is 292 g/mol. The Kier molecular flexibility index (Phi) is 8.11. The molecule has 4 heteroatoms. The molecule has 0 fully saturated rings. The number of aliphatic carboxylic acids is 1. The molecule has 0 saturated heterocycles. The number of hydrogen-bond donors (Lipinski definition) is 2. The van der Waals surface area contributed by atoms with Crippen LogP contribution in [-0.4, -0.2) is 17.6 Å². The molecule has 0 heterocycles. The summed E-state index contributed by atoms with van der Waals surface area (Å²) in [5.41, 5.74) is 2.27. The minimum absolute atomic E-state index is 0.00882. The predicted molar refractivity (Wildman–Crippen MR) is 81.8 cm³/mol. The molecule has 0 radical (unpaired) electrons. The number of carboxylic acids is 1. The molecule has 0 atom stereocenters. The van der Waals surface area contributed by atoms with Gasteiger partial charge in [0.25, 0.3) is 0 Å². The zero-order chi connectivity index (χ0) is 14.6. The van der Waals surface area contributed by atoms with Crippen molar-refractivity contribution in [3.63, 3.8) is 0 Å². The molecule has 2 N–H and O–H groups in total. The highest BCUT2D eigenvalue weighted by Gasteiger charge is 1.94. The minimum atomic E-state index is -0.828. The van der Waals surface area contributed by atoms with Gasteiger partial charge in [-0.1, -0.05) is 60.7 Å². The first-order valence-corrected chi connectivity index (χ1v) is 6.82. The van der Waals surface area contributed by atoms with Crippen molar-refractivity contribution >= 4 is 17.6 Å². The number of nitrogens with one attached hydrogen (secondary N) is 1. The van der Waals surface area contributed by atoms with Gasteiger partial charge in [0.05, 0.1) is 6.54 Å². The van der Waals surface area contributed by atoms with Crippen LogP contribution in [0.3, 0.4) is 0 Å². The molecule has 2 rings (SSSR count). The van der Waals surface area contributed by atoms with Gasteiger partial charge >= 0.3 is 5.97 Å². The van der Waals surface area contributed by atoms with E-state index in [0.29, 0.717) is 12.4 Å². The van der Waals surface area contributed by atoms with Crippen molar-refractivity contribution in [1.82, 2.24) is 5.32 Å². The van der Waals surface area contributed by atoms with Crippen LogP contribution in [0.4, 0.5) is 0 Å². The molecule has 0 unspecified atom stereocenters. The van der Waals surface area contributed by atoms with Crippen LogP contribution >= 0.6 is 11.6 Å². The number of halogens is 1. The van der Waals surface area contributed by atoms with Crippen LogP contribution in [0.1, 0.15) is 11.1 Å². The van der Waals surface area contributed by atoms with Gasteiger partial charge in [-0.15, -0.1) is 11.6 Å². The summed E-state index contributed by atoms with van der Waals surface area (Å²) < 4.78 is 0. The van der Waals surface area contributed by atoms with Gasteiger partial charge in [-0.3, -0.25) is 4.79 Å². The third kappa shape index (κ3) is 7.56. The van der Waals surface area contributed by atoms with Crippen LogP contribution in [0.5, 0.6) is 0 Å². The van der Waals surface area contributed by atoms with E-state index >= 15 is 0 Å². The van der Waals surface area contributed by atoms with E-state index in [-0.39, 0.29) is 6.54 Å². The van der Waals surface area contributed by atoms with Gasteiger partial charge in [-0.2, -0.15) is 0 Å². The molecule has 2 aromatic rings. The Bertz CT molecular complexity index is 488. The Morgan fingerprint density at radius 3 is 1.85 bits per heavy atom. The number of hydrogen-bond acceptors (Lipinski definition) is 2. The Morgan fingerprint density at radius 1 is 0.950 bits per heavy atom. The molecule has 20 heavy (non-hydrogen) atoms. The van der Waals surface area contributed by atoms with Crippen molar-refractivity contribution in [3.8, 4) is 0 Å². The molecule has 0 bridgehead atoms. The number of carbonyl (C=O) groups is 1. The first-order chi connectivity index (χ1) is 9.72. The smallest absolute Gasteiger partial charge is 0.317 e. The number of alkyl halides is 1. The Morgan fingerprint density at radius 2 is 1.45 bits per heavy atom. The van der Waals surface area contributed by atoms with Crippen molar-refractivity contribution < 1.29 is 9.90 Å². The van der Waals surface area contributed by atoms with E-state index in [1.165, 1.54) is 5.56 Å². The van der Waals surface area contributed by atoms with E-state index in [1.807, 2.05) is 60.7 Å². The third-order valence-electron chi connectivity index (χ3n) is 2.45. The normalized spacial score (nSPS) is 9.45. The first-order valence-electron chi connectivity index (χ1n) is 6.28. The van der Waals surface area contributed by atoms with E-state index < -0.39 is 5.97 Å². The van der Waals surface area contributed by atoms with Crippen molar-refractivity contribution in [1.29, 1.82) is 0 Å². The van der Waals surface area contributed by atoms with Crippen LogP contribution in [-0.2, 0) is 17.2 Å². The summed E-state index contributed by atoms with van der Waals surface area (Å²) in [6.07, 6.45) is 0. The highest BCUT2D eigenvalue weighted by Crippen LogP contribution is 2.00. The first kappa shape index (κ1) is 16.2. The topological polar surface area (TPSA) is 49.3 Å². The standard InChI is InChI=1S/C9H11NO2.C7H7Cl/c11-9(12)7-10-6-8-4-2-1-3-5-8;8-6-7-4-2-1-3-5-7/h1-5,10H,6-7H2,(H,11,12);1-5H,6H2. The largest absolute Gasteiger partial charge is 0.480 e. The fourth-order valence-corrected chi connectivity index (χ4v) is 1.65. The zero-order valence-corrected chi connectivity index (χ0v) is 11.9. The van der Waals surface area contributed by atoms with Gasteiger partial charge in [-0.05, 0) is 11.1 Å². The maximum Gasteiger partial charge on any atom is 0.317 e. The minimum Gasteiger partial charge on any atom is -0.480 e. The van der Waals surface area contributed by atoms with Crippen LogP contribution < -0.4 is 5.32 Å². The second-order valence-electron chi connectivity index (χ2n) is 4.10. The quantitative estimate of drug-likeness (QED) is 0.831. The van der Waals surface area contributed by atoms with E-state index in [2.05, 4.69) is 5.32 Å². The average Bonchev–Trinajstić information content (AvgIpc) is 2.49. The fourth-order valence-electron chi connectivity index (χ4n) is 1.48. The molecule has 2 aromatic carbocycles. The SMILES string of the molecule is ClCc1ccccc1.O=C(O)CNCc1ccccc1. The molecular weight excluding hydrogens is 274 g/mol. The molecule has 0 aliphatic carbocycles. The molecule has 0 aliphatic heterocycles. The molecule has 106 valence electrons. The predicted octanol–water partition coefficient (Wildman–Crippen LogP) is 3.29. The summed E-state index contributed by atoms with van der Waals surface area (Å²) >= 11 is 5.53. The third-order valence-corrected chi connectivity index (χ3v) is 2.75. The molecule has 0 saturated carbocycles. The summed E-state index contributed by atoms with van der Waals surface area (Å²) in [5.74, 6) is -0.216. The van der Waals surface area contributed by atoms with Crippen LogP contribution in [0.15, 0.2) is 60.7 Å². The molecule has 0 aliphatic rings. The Hall–Kier alpha value is -1.84. The van der Waals surface area contributed by atoms with Crippen molar-refractivity contribution in [2.24, 2.45) is 0 Å². The van der Waals surface area contributed by atoms with Crippen molar-refractivity contribution in [3.05, 3.63) is 71.8 Å². The summed E-state index contributed by atoms with van der Waals surface area (Å²) in [5, 5.41) is 11.1. The highest BCUT2D eigenvalue weighted by molar-refractivity contribution is 6.17. The maximum atomic E-state index is 10.1. The second-order valence-corrected chi connectivity index (χ2v) is 4.37. The van der Waals surface area contributed by atoms with E-state index in [0.717, 1.165) is 5.56 Å². The van der Waals surface area contributed by atoms with Crippen molar-refractivity contribution in [2.75, 3.05) is 6.54 Å². The summed E-state index contributed by atoms with van der Waals surface area (Å²) in [6.45, 7) is 0.613. The maximum absolute atomic E-state index is 10.1. The summed E-state index contributed by atoms with van der Waals surface area (Å²) in [4.78, 5) is 10.1. The Balaban J connectivity index is 0.000000217. The molecule has 0 aromatic heterocycles. The Labute approximate surface area is 124 Å². The lowest BCUT2D eigenvalue weighted by Crippen LogP contribution is -2.21. The summed E-state index contributed by atoms with van der Waals surface area (Å²) in [6, 6.07) is 19.7. The van der Waals surface area contributed by atoms with Gasteiger partial charge in [0, 0.05) is 12.4 Å². The fraction of sp³-hybridized carbons (Fsp3) is 0.188. The van der Waals surface area contributed by atoms with E-state index in [1.54, 1.807) is 0 Å². The van der Waals surface area contributed by atoms with Crippen LogP contribution in [0, 0.1) is 0 Å². The number of benzene rings is 2.